The second-order valence-corrected chi connectivity index (χ2v) is 8.94. The fourth-order valence-corrected chi connectivity index (χ4v) is 5.49. The van der Waals surface area contributed by atoms with Crippen molar-refractivity contribution in [2.75, 3.05) is 13.6 Å². The molecule has 0 spiro atoms. The van der Waals surface area contributed by atoms with Crippen LogP contribution in [0.2, 0.25) is 0 Å². The minimum atomic E-state index is 0.518. The number of nitrogens with one attached hydrogen (secondary N) is 1. The average Bonchev–Trinajstić information content (AvgIpc) is 2.69. The summed E-state index contributed by atoms with van der Waals surface area (Å²) in [5, 5.41) is 4.12. The largest absolute Gasteiger partial charge is 0.310 e. The van der Waals surface area contributed by atoms with Gasteiger partial charge in [-0.25, -0.2) is 0 Å². The molecule has 1 aliphatic heterocycles. The number of hydrogen-bond donors (Lipinski definition) is 1. The number of fused-ring (bicyclic) bond motifs is 2. The molecule has 1 N–H and O–H groups in total. The topological polar surface area (TPSA) is 15.3 Å². The predicted molar refractivity (Wildman–Crippen MR) is 85.8 cm³/mol. The van der Waals surface area contributed by atoms with E-state index in [2.05, 4.69) is 51.9 Å². The fourth-order valence-electron chi connectivity index (χ4n) is 5.49. The highest BCUT2D eigenvalue weighted by atomic mass is 15.2. The maximum Gasteiger partial charge on any atom is 0.0132 e. The first-order chi connectivity index (χ1) is 9.25. The van der Waals surface area contributed by atoms with E-state index in [1.54, 1.807) is 0 Å². The van der Waals surface area contributed by atoms with E-state index >= 15 is 0 Å². The van der Waals surface area contributed by atoms with Crippen molar-refractivity contribution in [1.82, 2.24) is 10.2 Å². The Morgan fingerprint density at radius 3 is 2.35 bits per heavy atom. The zero-order valence-corrected chi connectivity index (χ0v) is 14.4. The molecule has 0 aromatic heterocycles. The summed E-state index contributed by atoms with van der Waals surface area (Å²) in [6.07, 6.45) is 5.62. The quantitative estimate of drug-likeness (QED) is 0.831. The molecule has 1 heterocycles. The van der Waals surface area contributed by atoms with Crippen LogP contribution in [0.15, 0.2) is 0 Å². The van der Waals surface area contributed by atoms with Gasteiger partial charge in [0.15, 0.2) is 0 Å². The van der Waals surface area contributed by atoms with Crippen LogP contribution in [0.5, 0.6) is 0 Å². The molecule has 0 aromatic carbocycles. The highest BCUT2D eigenvalue weighted by Crippen LogP contribution is 2.65. The van der Waals surface area contributed by atoms with Gasteiger partial charge >= 0.3 is 0 Å². The van der Waals surface area contributed by atoms with Gasteiger partial charge in [-0.15, -0.1) is 0 Å². The molecule has 3 fully saturated rings. The van der Waals surface area contributed by atoms with Gasteiger partial charge in [-0.2, -0.15) is 0 Å². The van der Waals surface area contributed by atoms with Gasteiger partial charge in [0.25, 0.3) is 0 Å². The first kappa shape index (κ1) is 14.8. The first-order valence-corrected chi connectivity index (χ1v) is 8.72. The van der Waals surface area contributed by atoms with E-state index < -0.39 is 0 Å². The Labute approximate surface area is 125 Å². The molecule has 2 heteroatoms. The van der Waals surface area contributed by atoms with E-state index in [1.165, 1.54) is 32.2 Å². The summed E-state index contributed by atoms with van der Waals surface area (Å²) in [5.41, 5.74) is 1.05. The minimum absolute atomic E-state index is 0.518. The van der Waals surface area contributed by atoms with Gasteiger partial charge in [-0.05, 0) is 62.3 Å². The molecule has 0 amide bonds. The predicted octanol–water partition coefficient (Wildman–Crippen LogP) is 3.52. The number of nitrogens with zero attached hydrogens (tertiary/aromatic N) is 1. The van der Waals surface area contributed by atoms with Gasteiger partial charge in [0, 0.05) is 24.7 Å². The molecule has 2 bridgehead atoms. The van der Waals surface area contributed by atoms with E-state index in [4.69, 9.17) is 0 Å². The number of likely N-dealkylation sites (tertiary alicyclic amines) is 1. The standard InChI is InChI=1S/C18H34N2/c1-12-11-20(6)13(2)9-15(12)19-16-10-14-7-8-18(16,5)17(14,3)4/h12-16,19H,7-11H2,1-6H3. The molecule has 1 saturated heterocycles. The molecule has 6 atom stereocenters. The van der Waals surface area contributed by atoms with Crippen LogP contribution in [0.3, 0.4) is 0 Å². The minimum Gasteiger partial charge on any atom is -0.310 e. The van der Waals surface area contributed by atoms with Crippen molar-refractivity contribution in [3.63, 3.8) is 0 Å². The van der Waals surface area contributed by atoms with Gasteiger partial charge in [-0.3, -0.25) is 0 Å². The van der Waals surface area contributed by atoms with Crippen LogP contribution in [-0.4, -0.2) is 36.6 Å². The summed E-state index contributed by atoms with van der Waals surface area (Å²) in [7, 11) is 2.28. The number of hydrogen-bond acceptors (Lipinski definition) is 2. The van der Waals surface area contributed by atoms with Gasteiger partial charge < -0.3 is 10.2 Å². The maximum atomic E-state index is 4.12. The van der Waals surface area contributed by atoms with E-state index in [1.807, 2.05) is 0 Å². The molecule has 6 unspecified atom stereocenters. The highest BCUT2D eigenvalue weighted by molar-refractivity contribution is 5.13. The Bertz CT molecular complexity index is 378. The van der Waals surface area contributed by atoms with Gasteiger partial charge in [0.2, 0.25) is 0 Å². The normalized spacial score (nSPS) is 51.6. The van der Waals surface area contributed by atoms with Crippen LogP contribution in [0.4, 0.5) is 0 Å². The van der Waals surface area contributed by atoms with Crippen LogP contribution < -0.4 is 5.32 Å². The molecule has 2 saturated carbocycles. The third-order valence-corrected chi connectivity index (χ3v) is 7.82. The van der Waals surface area contributed by atoms with Crippen LogP contribution in [0.1, 0.15) is 60.3 Å². The summed E-state index contributed by atoms with van der Waals surface area (Å²) in [4.78, 5) is 2.52. The molecule has 2 aliphatic carbocycles. The van der Waals surface area contributed by atoms with Crippen molar-refractivity contribution in [3.05, 3.63) is 0 Å². The summed E-state index contributed by atoms with van der Waals surface area (Å²) >= 11 is 0. The van der Waals surface area contributed by atoms with E-state index in [-0.39, 0.29) is 0 Å². The van der Waals surface area contributed by atoms with Crippen molar-refractivity contribution in [3.8, 4) is 0 Å². The van der Waals surface area contributed by atoms with Crippen molar-refractivity contribution in [2.45, 2.75) is 78.4 Å². The third kappa shape index (κ3) is 1.98. The average molecular weight is 278 g/mol. The maximum absolute atomic E-state index is 4.12. The Morgan fingerprint density at radius 1 is 1.10 bits per heavy atom. The monoisotopic (exact) mass is 278 g/mol. The summed E-state index contributed by atoms with van der Waals surface area (Å²) in [6, 6.07) is 2.19. The molecule has 0 aromatic rings. The van der Waals surface area contributed by atoms with Crippen molar-refractivity contribution < 1.29 is 0 Å². The van der Waals surface area contributed by atoms with E-state index in [0.29, 0.717) is 10.8 Å². The molecule has 3 rings (SSSR count). The Hall–Kier alpha value is -0.0800. The lowest BCUT2D eigenvalue weighted by atomic mass is 9.69. The van der Waals surface area contributed by atoms with Crippen molar-refractivity contribution in [2.24, 2.45) is 22.7 Å². The molecular weight excluding hydrogens is 244 g/mol. The second kappa shape index (κ2) is 4.71. The van der Waals surface area contributed by atoms with Crippen LogP contribution in [-0.2, 0) is 0 Å². The van der Waals surface area contributed by atoms with E-state index in [0.717, 1.165) is 30.0 Å². The summed E-state index contributed by atoms with van der Waals surface area (Å²) in [5.74, 6) is 1.73. The molecule has 116 valence electrons. The zero-order chi connectivity index (χ0) is 14.7. The Morgan fingerprint density at radius 2 is 1.80 bits per heavy atom. The van der Waals surface area contributed by atoms with Crippen LogP contribution >= 0.6 is 0 Å². The van der Waals surface area contributed by atoms with Crippen molar-refractivity contribution in [1.29, 1.82) is 0 Å². The molecule has 20 heavy (non-hydrogen) atoms. The smallest absolute Gasteiger partial charge is 0.0132 e. The number of rotatable bonds is 2. The highest BCUT2D eigenvalue weighted by Gasteiger charge is 2.61. The lowest BCUT2D eigenvalue weighted by Gasteiger charge is -2.45. The Kier molecular flexibility index (Phi) is 3.49. The molecular formula is C18H34N2. The van der Waals surface area contributed by atoms with E-state index in [9.17, 15) is 0 Å². The first-order valence-electron chi connectivity index (χ1n) is 8.72. The fraction of sp³-hybridized carbons (Fsp3) is 1.00. The molecule has 2 nitrogen and oxygen atoms in total. The van der Waals surface area contributed by atoms with Gasteiger partial charge in [0.05, 0.1) is 0 Å². The lowest BCUT2D eigenvalue weighted by molar-refractivity contribution is 0.0766. The third-order valence-electron chi connectivity index (χ3n) is 7.82. The summed E-state index contributed by atoms with van der Waals surface area (Å²) < 4.78 is 0. The van der Waals surface area contributed by atoms with Crippen molar-refractivity contribution >= 4 is 0 Å². The lowest BCUT2D eigenvalue weighted by Crippen LogP contribution is -2.56. The number of piperidine rings is 1. The summed E-state index contributed by atoms with van der Waals surface area (Å²) in [6.45, 7) is 13.7. The zero-order valence-electron chi connectivity index (χ0n) is 14.4. The van der Waals surface area contributed by atoms with Crippen LogP contribution in [0.25, 0.3) is 0 Å². The SMILES string of the molecule is CC1CN(C)C(C)CC1NC1CC2CCC1(C)C2(C)C. The Balaban J connectivity index is 1.70. The molecule has 3 aliphatic rings. The van der Waals surface area contributed by atoms with Gasteiger partial charge in [-0.1, -0.05) is 27.7 Å². The molecule has 0 radical (unpaired) electrons. The van der Waals surface area contributed by atoms with Crippen LogP contribution in [0, 0.1) is 22.7 Å². The van der Waals surface area contributed by atoms with Gasteiger partial charge in [0.1, 0.15) is 0 Å². The second-order valence-electron chi connectivity index (χ2n) is 8.94.